The summed E-state index contributed by atoms with van der Waals surface area (Å²) in [5.41, 5.74) is 7.23. The molecule has 1 atom stereocenters. The van der Waals surface area contributed by atoms with Gasteiger partial charge in [-0.2, -0.15) is 0 Å². The molecule has 2 aliphatic rings. The zero-order chi connectivity index (χ0) is 18.4. The van der Waals surface area contributed by atoms with Crippen molar-refractivity contribution in [3.8, 4) is 0 Å². The summed E-state index contributed by atoms with van der Waals surface area (Å²) in [4.78, 5) is 14.9. The highest BCUT2D eigenvalue weighted by Crippen LogP contribution is 2.29. The second-order valence-electron chi connectivity index (χ2n) is 7.98. The van der Waals surface area contributed by atoms with Gasteiger partial charge in [0.15, 0.2) is 0 Å². The van der Waals surface area contributed by atoms with Crippen LogP contribution in [0.3, 0.4) is 0 Å². The van der Waals surface area contributed by atoms with Crippen LogP contribution in [0.4, 0.5) is 0 Å². The molecular weight excluding hydrogens is 338 g/mol. The topological polar surface area (TPSA) is 92.5 Å². The van der Waals surface area contributed by atoms with Crippen molar-refractivity contribution in [2.75, 3.05) is 13.1 Å². The standard InChI is InChI=1S/C18H27N3O3S/c1-12-4-7-14(25(23,24)20-13-5-6-13)10-15(12)17(22)21-9-8-16(19)18(2,3)11-21/h4,7,10,13,16,20H,5-6,8-9,11,19H2,1-3H3. The number of hydrogen-bond acceptors (Lipinski definition) is 4. The van der Waals surface area contributed by atoms with Crippen LogP contribution in [0.2, 0.25) is 0 Å². The number of aryl methyl sites for hydroxylation is 1. The van der Waals surface area contributed by atoms with Crippen LogP contribution in [0, 0.1) is 12.3 Å². The van der Waals surface area contributed by atoms with Crippen LogP contribution in [0.5, 0.6) is 0 Å². The number of benzene rings is 1. The summed E-state index contributed by atoms with van der Waals surface area (Å²) in [5, 5.41) is 0. The van der Waals surface area contributed by atoms with Crippen LogP contribution in [0.1, 0.15) is 49.0 Å². The van der Waals surface area contributed by atoms with Crippen molar-refractivity contribution < 1.29 is 13.2 Å². The first kappa shape index (κ1) is 18.4. The Morgan fingerprint density at radius 2 is 1.96 bits per heavy atom. The minimum absolute atomic E-state index is 0.0369. The Labute approximate surface area is 149 Å². The van der Waals surface area contributed by atoms with Crippen LogP contribution in [-0.2, 0) is 10.0 Å². The lowest BCUT2D eigenvalue weighted by Crippen LogP contribution is -2.54. The van der Waals surface area contributed by atoms with Gasteiger partial charge >= 0.3 is 0 Å². The lowest BCUT2D eigenvalue weighted by molar-refractivity contribution is 0.0532. The molecule has 6 nitrogen and oxygen atoms in total. The molecule has 1 unspecified atom stereocenters. The third-order valence-corrected chi connectivity index (χ3v) is 6.77. The molecule has 2 fully saturated rings. The lowest BCUT2D eigenvalue weighted by Gasteiger charge is -2.42. The van der Waals surface area contributed by atoms with Crippen molar-refractivity contribution in [2.45, 2.75) is 57.0 Å². The van der Waals surface area contributed by atoms with E-state index >= 15 is 0 Å². The van der Waals surface area contributed by atoms with Crippen molar-refractivity contribution in [2.24, 2.45) is 11.1 Å². The first-order chi connectivity index (χ1) is 11.6. The average molecular weight is 365 g/mol. The number of carbonyl (C=O) groups is 1. The molecule has 25 heavy (non-hydrogen) atoms. The molecule has 7 heteroatoms. The SMILES string of the molecule is Cc1ccc(S(=O)(=O)NC2CC2)cc1C(=O)N1CCC(N)C(C)(C)C1. The number of hydrogen-bond donors (Lipinski definition) is 2. The molecule has 0 spiro atoms. The zero-order valence-corrected chi connectivity index (χ0v) is 15.9. The van der Waals surface area contributed by atoms with Crippen molar-refractivity contribution in [3.63, 3.8) is 0 Å². The molecule has 3 N–H and O–H groups in total. The Morgan fingerprint density at radius 3 is 2.56 bits per heavy atom. The largest absolute Gasteiger partial charge is 0.338 e. The second kappa shape index (κ2) is 6.37. The van der Waals surface area contributed by atoms with E-state index in [9.17, 15) is 13.2 Å². The molecule has 1 heterocycles. The molecule has 0 bridgehead atoms. The van der Waals surface area contributed by atoms with E-state index in [1.165, 1.54) is 6.07 Å². The number of carbonyl (C=O) groups excluding carboxylic acids is 1. The highest BCUT2D eigenvalue weighted by molar-refractivity contribution is 7.89. The molecule has 1 saturated carbocycles. The fraction of sp³-hybridized carbons (Fsp3) is 0.611. The van der Waals surface area contributed by atoms with E-state index in [-0.39, 0.29) is 28.3 Å². The van der Waals surface area contributed by atoms with Crippen LogP contribution >= 0.6 is 0 Å². The fourth-order valence-corrected chi connectivity index (χ4v) is 4.54. The molecule has 1 saturated heterocycles. The van der Waals surface area contributed by atoms with Crippen LogP contribution < -0.4 is 10.5 Å². The molecule has 138 valence electrons. The Hall–Kier alpha value is -1.44. The second-order valence-corrected chi connectivity index (χ2v) is 9.70. The minimum atomic E-state index is -3.57. The number of nitrogens with two attached hydrogens (primary N) is 1. The molecule has 1 aromatic rings. The number of amides is 1. The maximum atomic E-state index is 13.0. The van der Waals surface area contributed by atoms with E-state index in [1.54, 1.807) is 17.0 Å². The summed E-state index contributed by atoms with van der Waals surface area (Å²) in [6.45, 7) is 7.12. The van der Waals surface area contributed by atoms with Gasteiger partial charge in [-0.25, -0.2) is 13.1 Å². The van der Waals surface area contributed by atoms with Gasteiger partial charge in [-0.05, 0) is 49.3 Å². The number of nitrogens with zero attached hydrogens (tertiary/aromatic N) is 1. The first-order valence-corrected chi connectivity index (χ1v) is 10.3. The summed E-state index contributed by atoms with van der Waals surface area (Å²) in [7, 11) is -3.57. The average Bonchev–Trinajstić information content (AvgIpc) is 3.32. The highest BCUT2D eigenvalue weighted by Gasteiger charge is 2.36. The maximum absolute atomic E-state index is 13.0. The Bertz CT molecular complexity index is 785. The van der Waals surface area contributed by atoms with Crippen molar-refractivity contribution in [3.05, 3.63) is 29.3 Å². The van der Waals surface area contributed by atoms with Gasteiger partial charge in [0.1, 0.15) is 0 Å². The van der Waals surface area contributed by atoms with Gasteiger partial charge < -0.3 is 10.6 Å². The van der Waals surface area contributed by atoms with Gasteiger partial charge in [0.2, 0.25) is 10.0 Å². The zero-order valence-electron chi connectivity index (χ0n) is 15.1. The first-order valence-electron chi connectivity index (χ1n) is 8.78. The van der Waals surface area contributed by atoms with Crippen LogP contribution in [0.15, 0.2) is 23.1 Å². The Kier molecular flexibility index (Phi) is 4.68. The summed E-state index contributed by atoms with van der Waals surface area (Å²) in [6.07, 6.45) is 2.50. The lowest BCUT2D eigenvalue weighted by atomic mass is 9.79. The molecule has 1 aromatic carbocycles. The summed E-state index contributed by atoms with van der Waals surface area (Å²) in [5.74, 6) is -0.124. The smallest absolute Gasteiger partial charge is 0.254 e. The Balaban J connectivity index is 1.86. The summed E-state index contributed by atoms with van der Waals surface area (Å²) in [6, 6.07) is 4.87. The molecule has 1 aliphatic carbocycles. The highest BCUT2D eigenvalue weighted by atomic mass is 32.2. The predicted molar refractivity (Wildman–Crippen MR) is 96.8 cm³/mol. The fourth-order valence-electron chi connectivity index (χ4n) is 3.20. The van der Waals surface area contributed by atoms with E-state index < -0.39 is 10.0 Å². The number of rotatable bonds is 4. The molecule has 3 rings (SSSR count). The van der Waals surface area contributed by atoms with E-state index in [0.717, 1.165) is 24.8 Å². The molecule has 1 aliphatic heterocycles. The van der Waals surface area contributed by atoms with Crippen LogP contribution in [0.25, 0.3) is 0 Å². The molecule has 1 amide bonds. The number of sulfonamides is 1. The number of likely N-dealkylation sites (tertiary alicyclic amines) is 1. The van der Waals surface area contributed by atoms with Gasteiger partial charge in [-0.1, -0.05) is 19.9 Å². The normalized spacial score (nSPS) is 23.5. The van der Waals surface area contributed by atoms with Gasteiger partial charge in [0, 0.05) is 30.7 Å². The molecule has 0 aromatic heterocycles. The summed E-state index contributed by atoms with van der Waals surface area (Å²) < 4.78 is 27.5. The third kappa shape index (κ3) is 3.88. The van der Waals surface area contributed by atoms with E-state index in [4.69, 9.17) is 5.73 Å². The number of nitrogens with one attached hydrogen (secondary N) is 1. The monoisotopic (exact) mass is 365 g/mol. The van der Waals surface area contributed by atoms with Crippen molar-refractivity contribution in [1.82, 2.24) is 9.62 Å². The molecule has 0 radical (unpaired) electrons. The van der Waals surface area contributed by atoms with Gasteiger partial charge in [0.05, 0.1) is 4.90 Å². The third-order valence-electron chi connectivity index (χ3n) is 5.25. The predicted octanol–water partition coefficient (Wildman–Crippen LogP) is 1.64. The summed E-state index contributed by atoms with van der Waals surface area (Å²) >= 11 is 0. The quantitative estimate of drug-likeness (QED) is 0.848. The van der Waals surface area contributed by atoms with Gasteiger partial charge in [-0.3, -0.25) is 4.79 Å². The van der Waals surface area contributed by atoms with Crippen LogP contribution in [-0.4, -0.2) is 44.4 Å². The van der Waals surface area contributed by atoms with Crippen molar-refractivity contribution in [1.29, 1.82) is 0 Å². The van der Waals surface area contributed by atoms with E-state index in [1.807, 2.05) is 6.92 Å². The number of piperidine rings is 1. The maximum Gasteiger partial charge on any atom is 0.254 e. The molecular formula is C18H27N3O3S. The van der Waals surface area contributed by atoms with Crippen molar-refractivity contribution >= 4 is 15.9 Å². The minimum Gasteiger partial charge on any atom is -0.338 e. The van der Waals surface area contributed by atoms with E-state index in [0.29, 0.717) is 18.7 Å². The van der Waals surface area contributed by atoms with Gasteiger partial charge in [-0.15, -0.1) is 0 Å². The van der Waals surface area contributed by atoms with Gasteiger partial charge in [0.25, 0.3) is 5.91 Å². The van der Waals surface area contributed by atoms with E-state index in [2.05, 4.69) is 18.6 Å². The Morgan fingerprint density at radius 1 is 1.28 bits per heavy atom.